The van der Waals surface area contributed by atoms with Crippen LogP contribution in [-0.2, 0) is 14.3 Å². The Balaban J connectivity index is 1.01. The number of carbonyl (C=O) groups excluding carboxylic acids is 3. The number of nitrogens with zero attached hydrogens (tertiary/aromatic N) is 4. The molecule has 1 aromatic carbocycles. The molecular weight excluding hydrogens is 649 g/mol. The molecule has 1 atom stereocenters. The van der Waals surface area contributed by atoms with Gasteiger partial charge in [-0.3, -0.25) is 19.6 Å². The monoisotopic (exact) mass is 693 g/mol. The van der Waals surface area contributed by atoms with Crippen LogP contribution in [0.15, 0.2) is 72.7 Å². The third-order valence-electron chi connectivity index (χ3n) is 10.1. The molecule has 10 nitrogen and oxygen atoms in total. The molecule has 4 aliphatic rings. The lowest BCUT2D eigenvalue weighted by atomic mass is 9.59. The largest absolute Gasteiger partial charge is 0.444 e. The Bertz CT molecular complexity index is 1880. The molecule has 51 heavy (non-hydrogen) atoms. The molecule has 3 fully saturated rings. The predicted octanol–water partition coefficient (Wildman–Crippen LogP) is 6.20. The highest BCUT2D eigenvalue weighted by Gasteiger charge is 2.53. The molecule has 5 heterocycles. The first kappa shape index (κ1) is 34.5. The van der Waals surface area contributed by atoms with Crippen molar-refractivity contribution in [3.8, 4) is 0 Å². The van der Waals surface area contributed by atoms with Crippen LogP contribution in [-0.4, -0.2) is 82.7 Å². The van der Waals surface area contributed by atoms with Crippen molar-refractivity contribution in [2.45, 2.75) is 58.6 Å². The summed E-state index contributed by atoms with van der Waals surface area (Å²) in [5.74, 6) is -0.504. The Hall–Kier alpha value is -4.90. The second-order valence-electron chi connectivity index (χ2n) is 15.3. The summed E-state index contributed by atoms with van der Waals surface area (Å²) in [7, 11) is 0. The van der Waals surface area contributed by atoms with E-state index in [1.54, 1.807) is 23.4 Å². The lowest BCUT2D eigenvalue weighted by Gasteiger charge is -2.57. The summed E-state index contributed by atoms with van der Waals surface area (Å²) < 4.78 is 24.6. The van der Waals surface area contributed by atoms with Crippen molar-refractivity contribution in [1.82, 2.24) is 25.1 Å². The molecule has 1 spiro atoms. The van der Waals surface area contributed by atoms with Crippen molar-refractivity contribution in [2.24, 2.45) is 11.3 Å². The number of hydrogen-bond donors (Lipinski definition) is 1. The van der Waals surface area contributed by atoms with Crippen LogP contribution >= 0.6 is 0 Å². The Kier molecular flexibility index (Phi) is 9.26. The first-order chi connectivity index (χ1) is 24.4. The van der Waals surface area contributed by atoms with Crippen LogP contribution in [0.1, 0.15) is 85.7 Å². The molecule has 3 aromatic rings. The molecule has 0 unspecified atom stereocenters. The van der Waals surface area contributed by atoms with E-state index in [2.05, 4.69) is 15.3 Å². The zero-order chi connectivity index (χ0) is 35.9. The zero-order valence-corrected chi connectivity index (χ0v) is 29.6. The Morgan fingerprint density at radius 2 is 1.75 bits per heavy atom. The number of halogens is 1. The van der Waals surface area contributed by atoms with E-state index in [9.17, 15) is 18.8 Å². The number of allylic oxidation sites excluding steroid dienone is 1. The minimum atomic E-state index is -0.535. The number of ether oxygens (including phenoxy) is 2. The average molecular weight is 694 g/mol. The summed E-state index contributed by atoms with van der Waals surface area (Å²) in [4.78, 5) is 50.9. The van der Waals surface area contributed by atoms with Gasteiger partial charge in [0.05, 0.1) is 42.6 Å². The molecule has 1 N–H and O–H groups in total. The molecule has 266 valence electrons. The minimum absolute atomic E-state index is 0.0274. The number of likely N-dealkylation sites (tertiary alicyclic amines) is 1. The standard InChI is InChI=1S/C40H44FN5O5/c1-25(44-36(47)30-15-29(18-42-19-30)27-11-13-45(14-12-27)37(48)32-21-50-22-32)26-5-7-28(8-6-26)35(34-10-9-33(41)20-43-34)31-16-40(17-31)23-46(24-40)38(49)51-39(2,3)4/h5-11,15,18-20,25,32H,12-14,16-17,21-24H2,1-4H3,(H,44,47)/t25-/m1/s1. The first-order valence-electron chi connectivity index (χ1n) is 17.6. The van der Waals surface area contributed by atoms with Gasteiger partial charge in [0.1, 0.15) is 11.4 Å². The molecule has 0 radical (unpaired) electrons. The molecule has 2 saturated heterocycles. The maximum atomic E-state index is 13.9. The average Bonchev–Trinajstić information content (AvgIpc) is 3.04. The topological polar surface area (TPSA) is 114 Å². The van der Waals surface area contributed by atoms with Gasteiger partial charge in [-0.05, 0) is 87.4 Å². The molecule has 3 aliphatic heterocycles. The third-order valence-corrected chi connectivity index (χ3v) is 10.1. The first-order valence-corrected chi connectivity index (χ1v) is 17.6. The van der Waals surface area contributed by atoms with Gasteiger partial charge < -0.3 is 24.6 Å². The van der Waals surface area contributed by atoms with Crippen molar-refractivity contribution in [1.29, 1.82) is 0 Å². The molecule has 11 heteroatoms. The van der Waals surface area contributed by atoms with Crippen molar-refractivity contribution >= 4 is 29.1 Å². The lowest BCUT2D eigenvalue weighted by molar-refractivity contribution is -0.149. The van der Waals surface area contributed by atoms with E-state index >= 15 is 0 Å². The highest BCUT2D eigenvalue weighted by atomic mass is 19.1. The van der Waals surface area contributed by atoms with Crippen molar-refractivity contribution in [3.05, 3.63) is 106 Å². The molecule has 2 aromatic heterocycles. The van der Waals surface area contributed by atoms with E-state index in [0.29, 0.717) is 57.1 Å². The van der Waals surface area contributed by atoms with Crippen molar-refractivity contribution < 1.29 is 28.2 Å². The lowest BCUT2D eigenvalue weighted by Crippen LogP contribution is -2.62. The normalized spacial score (nSPS) is 18.9. The summed E-state index contributed by atoms with van der Waals surface area (Å²) in [6.45, 7) is 11.0. The van der Waals surface area contributed by atoms with E-state index in [-0.39, 0.29) is 35.3 Å². The van der Waals surface area contributed by atoms with Crippen LogP contribution in [0.4, 0.5) is 9.18 Å². The fraction of sp³-hybridized carbons (Fsp3) is 0.425. The van der Waals surface area contributed by atoms with Gasteiger partial charge in [0, 0.05) is 49.6 Å². The zero-order valence-electron chi connectivity index (χ0n) is 29.6. The molecular formula is C40H44FN5O5. The Labute approximate surface area is 297 Å². The van der Waals surface area contributed by atoms with E-state index in [1.807, 2.05) is 69.0 Å². The van der Waals surface area contributed by atoms with Crippen molar-refractivity contribution in [2.75, 3.05) is 39.4 Å². The van der Waals surface area contributed by atoms with Gasteiger partial charge in [-0.25, -0.2) is 9.18 Å². The number of amides is 3. The maximum Gasteiger partial charge on any atom is 0.410 e. The van der Waals surface area contributed by atoms with Gasteiger partial charge in [0.25, 0.3) is 5.91 Å². The Morgan fingerprint density at radius 3 is 2.35 bits per heavy atom. The van der Waals surface area contributed by atoms with Gasteiger partial charge in [-0.1, -0.05) is 35.9 Å². The summed E-state index contributed by atoms with van der Waals surface area (Å²) in [6, 6.07) is 12.7. The highest BCUT2D eigenvalue weighted by Crippen LogP contribution is 2.54. The van der Waals surface area contributed by atoms with Gasteiger partial charge in [0.15, 0.2) is 0 Å². The highest BCUT2D eigenvalue weighted by molar-refractivity contribution is 5.95. The number of benzene rings is 1. The fourth-order valence-electron chi connectivity index (χ4n) is 7.34. The third kappa shape index (κ3) is 7.44. The van der Waals surface area contributed by atoms with Crippen LogP contribution < -0.4 is 5.32 Å². The van der Waals surface area contributed by atoms with Gasteiger partial charge in [-0.15, -0.1) is 0 Å². The summed E-state index contributed by atoms with van der Waals surface area (Å²) in [5.41, 5.74) is 6.71. The van der Waals surface area contributed by atoms with E-state index < -0.39 is 11.4 Å². The second-order valence-corrected chi connectivity index (χ2v) is 15.3. The minimum Gasteiger partial charge on any atom is -0.444 e. The van der Waals surface area contributed by atoms with Crippen molar-refractivity contribution in [3.63, 3.8) is 0 Å². The van der Waals surface area contributed by atoms with Crippen LogP contribution in [0, 0.1) is 17.2 Å². The smallest absolute Gasteiger partial charge is 0.410 e. The quantitative estimate of drug-likeness (QED) is 0.314. The van der Waals surface area contributed by atoms with Gasteiger partial charge >= 0.3 is 6.09 Å². The van der Waals surface area contributed by atoms with E-state index in [4.69, 9.17) is 9.47 Å². The predicted molar refractivity (Wildman–Crippen MR) is 190 cm³/mol. The van der Waals surface area contributed by atoms with Gasteiger partial charge in [-0.2, -0.15) is 0 Å². The number of hydrogen-bond acceptors (Lipinski definition) is 7. The maximum absolute atomic E-state index is 13.9. The Morgan fingerprint density at radius 1 is 1.00 bits per heavy atom. The molecule has 1 saturated carbocycles. The number of rotatable bonds is 7. The number of carbonyl (C=O) groups is 3. The summed E-state index contributed by atoms with van der Waals surface area (Å²) in [5, 5.41) is 3.10. The summed E-state index contributed by atoms with van der Waals surface area (Å²) >= 11 is 0. The molecule has 1 aliphatic carbocycles. The van der Waals surface area contributed by atoms with E-state index in [1.165, 1.54) is 17.8 Å². The van der Waals surface area contributed by atoms with E-state index in [0.717, 1.165) is 40.7 Å². The number of nitrogens with one attached hydrogen (secondary N) is 1. The van der Waals surface area contributed by atoms with Crippen LogP contribution in [0.2, 0.25) is 0 Å². The summed E-state index contributed by atoms with van der Waals surface area (Å²) in [6.07, 6.45) is 8.68. The second kappa shape index (κ2) is 13.7. The van der Waals surface area contributed by atoms with Crippen LogP contribution in [0.3, 0.4) is 0 Å². The molecule has 7 rings (SSSR count). The molecule has 3 amide bonds. The SMILES string of the molecule is C[C@@H](NC(=O)c1cncc(C2=CCN(C(=O)C3COC3)CC2)c1)c1ccc(C(=C2CC3(C2)CN(C(=O)OC(C)(C)C)C3)c2ccc(F)cn2)cc1. The fourth-order valence-corrected chi connectivity index (χ4v) is 7.34. The number of aromatic nitrogens is 2. The number of pyridine rings is 2. The molecule has 0 bridgehead atoms. The van der Waals surface area contributed by atoms with Gasteiger partial charge in [0.2, 0.25) is 5.91 Å². The van der Waals surface area contributed by atoms with Crippen LogP contribution in [0.25, 0.3) is 11.1 Å². The van der Waals surface area contributed by atoms with Crippen LogP contribution in [0.5, 0.6) is 0 Å².